The normalized spacial score (nSPS) is 12.1. The maximum atomic E-state index is 10.3. The third kappa shape index (κ3) is 3.85. The number of benzene rings is 2. The lowest BCUT2D eigenvalue weighted by Crippen LogP contribution is -2.20. The van der Waals surface area contributed by atoms with Gasteiger partial charge in [0.2, 0.25) is 0 Å². The molecule has 0 spiro atoms. The number of anilines is 2. The molecule has 0 amide bonds. The Morgan fingerprint density at radius 1 is 0.952 bits per heavy atom. The highest BCUT2D eigenvalue weighted by atomic mass is 16.3. The second kappa shape index (κ2) is 7.84. The van der Waals surface area contributed by atoms with E-state index in [0.717, 1.165) is 37.1 Å². The predicted octanol–water partition coefficient (Wildman–Crippen LogP) is 5.07. The summed E-state index contributed by atoms with van der Waals surface area (Å²) in [6.45, 7) is 5.18. The van der Waals surface area contributed by atoms with Gasteiger partial charge in [-0.1, -0.05) is 56.7 Å². The summed E-state index contributed by atoms with van der Waals surface area (Å²) >= 11 is 0. The molecule has 0 saturated heterocycles. The number of aliphatic hydroxyl groups excluding tert-OH is 1. The molecule has 2 heteroatoms. The molecular weight excluding hydrogens is 258 g/mol. The van der Waals surface area contributed by atoms with E-state index in [9.17, 15) is 5.11 Å². The minimum absolute atomic E-state index is 0.408. The molecule has 0 saturated carbocycles. The van der Waals surface area contributed by atoms with Crippen molar-refractivity contribution in [3.05, 3.63) is 60.2 Å². The lowest BCUT2D eigenvalue weighted by molar-refractivity contribution is 0.174. The zero-order valence-corrected chi connectivity index (χ0v) is 13.0. The summed E-state index contributed by atoms with van der Waals surface area (Å²) in [4.78, 5) is 2.32. The van der Waals surface area contributed by atoms with E-state index in [2.05, 4.69) is 42.2 Å². The van der Waals surface area contributed by atoms with E-state index in [1.807, 2.05) is 31.2 Å². The number of nitrogens with zero attached hydrogens (tertiary/aromatic N) is 1. The van der Waals surface area contributed by atoms with Gasteiger partial charge in [0.05, 0.1) is 6.10 Å². The average molecular weight is 283 g/mol. The Morgan fingerprint density at radius 2 is 1.62 bits per heavy atom. The van der Waals surface area contributed by atoms with Gasteiger partial charge in [0, 0.05) is 23.5 Å². The molecule has 0 aliphatic rings. The van der Waals surface area contributed by atoms with Crippen molar-refractivity contribution >= 4 is 11.4 Å². The lowest BCUT2D eigenvalue weighted by Gasteiger charge is -2.28. The maximum absolute atomic E-state index is 10.3. The molecule has 0 bridgehead atoms. The van der Waals surface area contributed by atoms with Crippen LogP contribution in [0.15, 0.2) is 54.6 Å². The minimum Gasteiger partial charge on any atom is -0.388 e. The Bertz CT molecular complexity index is 538. The van der Waals surface area contributed by atoms with Crippen LogP contribution in [-0.4, -0.2) is 11.7 Å². The van der Waals surface area contributed by atoms with Crippen LogP contribution in [0.4, 0.5) is 11.4 Å². The summed E-state index contributed by atoms with van der Waals surface area (Å²) in [5, 5.41) is 10.3. The quantitative estimate of drug-likeness (QED) is 0.767. The van der Waals surface area contributed by atoms with E-state index >= 15 is 0 Å². The highest BCUT2D eigenvalue weighted by molar-refractivity contribution is 5.66. The number of unbranched alkanes of at least 4 members (excludes halogenated alkanes) is 1. The van der Waals surface area contributed by atoms with Crippen molar-refractivity contribution < 1.29 is 5.11 Å². The topological polar surface area (TPSA) is 23.5 Å². The number of hydrogen-bond acceptors (Lipinski definition) is 2. The Hall–Kier alpha value is -1.80. The highest BCUT2D eigenvalue weighted by Crippen LogP contribution is 2.33. The van der Waals surface area contributed by atoms with Gasteiger partial charge in [-0.3, -0.25) is 0 Å². The number of para-hydroxylation sites is 2. The van der Waals surface area contributed by atoms with Gasteiger partial charge in [0.1, 0.15) is 0 Å². The third-order valence-corrected chi connectivity index (χ3v) is 3.78. The van der Waals surface area contributed by atoms with Crippen molar-refractivity contribution in [3.63, 3.8) is 0 Å². The van der Waals surface area contributed by atoms with E-state index in [1.165, 1.54) is 5.69 Å². The van der Waals surface area contributed by atoms with Crippen LogP contribution in [0.25, 0.3) is 0 Å². The van der Waals surface area contributed by atoms with Crippen LogP contribution < -0.4 is 4.90 Å². The van der Waals surface area contributed by atoms with Crippen molar-refractivity contribution in [3.8, 4) is 0 Å². The third-order valence-electron chi connectivity index (χ3n) is 3.78. The van der Waals surface area contributed by atoms with E-state index < -0.39 is 6.10 Å². The first kappa shape index (κ1) is 15.6. The van der Waals surface area contributed by atoms with E-state index in [-0.39, 0.29) is 0 Å². The zero-order valence-electron chi connectivity index (χ0n) is 13.0. The average Bonchev–Trinajstić information content (AvgIpc) is 2.56. The molecular formula is C19H25NO. The first-order valence-electron chi connectivity index (χ1n) is 7.87. The second-order valence-electron chi connectivity index (χ2n) is 5.32. The summed E-state index contributed by atoms with van der Waals surface area (Å²) in [6.07, 6.45) is 2.61. The zero-order chi connectivity index (χ0) is 15.1. The molecule has 2 aromatic carbocycles. The van der Waals surface area contributed by atoms with Crippen molar-refractivity contribution in [1.29, 1.82) is 0 Å². The lowest BCUT2D eigenvalue weighted by atomic mass is 10.0. The SMILES string of the molecule is CCCCN(c1ccccc1)c1ccccc1[C@@H](O)CC. The monoisotopic (exact) mass is 283 g/mol. The molecule has 0 aliphatic heterocycles. The van der Waals surface area contributed by atoms with E-state index in [4.69, 9.17) is 0 Å². The van der Waals surface area contributed by atoms with Gasteiger partial charge in [-0.25, -0.2) is 0 Å². The molecule has 21 heavy (non-hydrogen) atoms. The van der Waals surface area contributed by atoms with Gasteiger partial charge < -0.3 is 10.0 Å². The van der Waals surface area contributed by atoms with Crippen LogP contribution >= 0.6 is 0 Å². The van der Waals surface area contributed by atoms with Crippen LogP contribution in [0.5, 0.6) is 0 Å². The van der Waals surface area contributed by atoms with Gasteiger partial charge in [0.15, 0.2) is 0 Å². The molecule has 112 valence electrons. The van der Waals surface area contributed by atoms with Gasteiger partial charge in [-0.2, -0.15) is 0 Å². The first-order chi connectivity index (χ1) is 10.3. The van der Waals surface area contributed by atoms with Crippen LogP contribution in [0, 0.1) is 0 Å². The summed E-state index contributed by atoms with van der Waals surface area (Å²) in [7, 11) is 0. The van der Waals surface area contributed by atoms with Gasteiger partial charge >= 0.3 is 0 Å². The molecule has 2 rings (SSSR count). The van der Waals surface area contributed by atoms with E-state index in [1.54, 1.807) is 0 Å². The molecule has 0 radical (unpaired) electrons. The predicted molar refractivity (Wildman–Crippen MR) is 90.0 cm³/mol. The number of rotatable bonds is 7. The van der Waals surface area contributed by atoms with Gasteiger partial charge in [0.25, 0.3) is 0 Å². The maximum Gasteiger partial charge on any atom is 0.0807 e. The molecule has 0 fully saturated rings. The molecule has 1 atom stereocenters. The summed E-state index contributed by atoms with van der Waals surface area (Å²) < 4.78 is 0. The fourth-order valence-corrected chi connectivity index (χ4v) is 2.55. The minimum atomic E-state index is -0.408. The summed E-state index contributed by atoms with van der Waals surface area (Å²) in [5.74, 6) is 0. The number of aliphatic hydroxyl groups is 1. The molecule has 2 aromatic rings. The van der Waals surface area contributed by atoms with Crippen molar-refractivity contribution in [1.82, 2.24) is 0 Å². The Balaban J connectivity index is 2.42. The molecule has 0 unspecified atom stereocenters. The van der Waals surface area contributed by atoms with Crippen LogP contribution in [-0.2, 0) is 0 Å². The second-order valence-corrected chi connectivity index (χ2v) is 5.32. The molecule has 0 aliphatic carbocycles. The highest BCUT2D eigenvalue weighted by Gasteiger charge is 2.16. The Labute approximate surface area is 128 Å². The van der Waals surface area contributed by atoms with Crippen LogP contribution in [0.2, 0.25) is 0 Å². The summed E-state index contributed by atoms with van der Waals surface area (Å²) in [5.41, 5.74) is 3.31. The standard InChI is InChI=1S/C19H25NO/c1-3-5-15-20(16-11-7-6-8-12-16)18-14-10-9-13-17(18)19(21)4-2/h6-14,19,21H,3-5,15H2,1-2H3/t19-/m0/s1. The van der Waals surface area contributed by atoms with E-state index in [0.29, 0.717) is 0 Å². The first-order valence-corrected chi connectivity index (χ1v) is 7.87. The van der Waals surface area contributed by atoms with Gasteiger partial charge in [-0.05, 0) is 31.0 Å². The van der Waals surface area contributed by atoms with Crippen molar-refractivity contribution in [2.24, 2.45) is 0 Å². The fraction of sp³-hybridized carbons (Fsp3) is 0.368. The Kier molecular flexibility index (Phi) is 5.82. The van der Waals surface area contributed by atoms with Crippen molar-refractivity contribution in [2.45, 2.75) is 39.2 Å². The molecule has 0 heterocycles. The number of hydrogen-bond donors (Lipinski definition) is 1. The van der Waals surface area contributed by atoms with Crippen molar-refractivity contribution in [2.75, 3.05) is 11.4 Å². The smallest absolute Gasteiger partial charge is 0.0807 e. The fourth-order valence-electron chi connectivity index (χ4n) is 2.55. The summed E-state index contributed by atoms with van der Waals surface area (Å²) in [6, 6.07) is 18.6. The molecule has 1 N–H and O–H groups in total. The molecule has 2 nitrogen and oxygen atoms in total. The molecule has 0 aromatic heterocycles. The largest absolute Gasteiger partial charge is 0.388 e. The van der Waals surface area contributed by atoms with Gasteiger partial charge in [-0.15, -0.1) is 0 Å². The van der Waals surface area contributed by atoms with Crippen LogP contribution in [0.3, 0.4) is 0 Å². The van der Waals surface area contributed by atoms with Crippen LogP contribution in [0.1, 0.15) is 44.8 Å². The Morgan fingerprint density at radius 3 is 2.29 bits per heavy atom.